The van der Waals surface area contributed by atoms with E-state index in [2.05, 4.69) is 91.9 Å². The molecule has 0 spiro atoms. The highest BCUT2D eigenvalue weighted by Crippen LogP contribution is 2.19. The van der Waals surface area contributed by atoms with E-state index in [4.69, 9.17) is 0 Å². The molecule has 0 bridgehead atoms. The van der Waals surface area contributed by atoms with Crippen LogP contribution in [0.3, 0.4) is 0 Å². The van der Waals surface area contributed by atoms with Crippen molar-refractivity contribution in [3.63, 3.8) is 0 Å². The number of rotatable bonds is 6. The van der Waals surface area contributed by atoms with E-state index in [1.807, 2.05) is 73.3 Å². The monoisotopic (exact) mass is 468 g/mol. The van der Waals surface area contributed by atoms with E-state index in [1.165, 1.54) is 11.1 Å². The molecule has 176 valence electrons. The predicted octanol–water partition coefficient (Wildman–Crippen LogP) is 7.20. The minimum atomic E-state index is 0.852. The van der Waals surface area contributed by atoms with Crippen LogP contribution in [0.25, 0.3) is 22.8 Å². The fourth-order valence-corrected chi connectivity index (χ4v) is 4.13. The SMILES string of the molecule is c1ccc(Cn2ccnc2-c2ccccc2)cc1.c1ccc(Cn2ccnc2-c2ccccc2)cc1. The van der Waals surface area contributed by atoms with Crippen LogP contribution in [-0.2, 0) is 13.1 Å². The summed E-state index contributed by atoms with van der Waals surface area (Å²) in [6, 6.07) is 41.4. The van der Waals surface area contributed by atoms with E-state index in [0.717, 1.165) is 35.9 Å². The van der Waals surface area contributed by atoms with Gasteiger partial charge in [-0.05, 0) is 11.1 Å². The molecule has 0 aliphatic rings. The Morgan fingerprint density at radius 2 is 0.750 bits per heavy atom. The van der Waals surface area contributed by atoms with Gasteiger partial charge >= 0.3 is 0 Å². The van der Waals surface area contributed by atoms with Gasteiger partial charge in [0.1, 0.15) is 11.6 Å². The van der Waals surface area contributed by atoms with Gasteiger partial charge in [-0.3, -0.25) is 0 Å². The van der Waals surface area contributed by atoms with E-state index in [9.17, 15) is 0 Å². The molecule has 0 unspecified atom stereocenters. The maximum atomic E-state index is 4.45. The summed E-state index contributed by atoms with van der Waals surface area (Å²) in [5.41, 5.74) is 4.87. The second kappa shape index (κ2) is 11.6. The molecule has 0 atom stereocenters. The van der Waals surface area contributed by atoms with Crippen LogP contribution in [0.4, 0.5) is 0 Å². The molecule has 4 aromatic carbocycles. The Hall–Kier alpha value is -4.70. The topological polar surface area (TPSA) is 35.6 Å². The van der Waals surface area contributed by atoms with Crippen molar-refractivity contribution in [2.45, 2.75) is 13.1 Å². The number of imidazole rings is 2. The highest BCUT2D eigenvalue weighted by atomic mass is 15.1. The van der Waals surface area contributed by atoms with E-state index in [0.29, 0.717) is 0 Å². The summed E-state index contributed by atoms with van der Waals surface area (Å²) in [7, 11) is 0. The van der Waals surface area contributed by atoms with Gasteiger partial charge in [0.15, 0.2) is 0 Å². The lowest BCUT2D eigenvalue weighted by molar-refractivity contribution is 0.807. The molecule has 2 aromatic heterocycles. The Bertz CT molecular complexity index is 1340. The predicted molar refractivity (Wildman–Crippen MR) is 146 cm³/mol. The summed E-state index contributed by atoms with van der Waals surface area (Å²) >= 11 is 0. The minimum Gasteiger partial charge on any atom is -0.327 e. The number of nitrogens with zero attached hydrogens (tertiary/aromatic N) is 4. The molecule has 36 heavy (non-hydrogen) atoms. The van der Waals surface area contributed by atoms with Gasteiger partial charge in [0.05, 0.1) is 0 Å². The summed E-state index contributed by atoms with van der Waals surface area (Å²) in [4.78, 5) is 8.89. The molecule has 4 heteroatoms. The molecular formula is C32H28N4. The maximum absolute atomic E-state index is 4.45. The van der Waals surface area contributed by atoms with Crippen LogP contribution in [0.5, 0.6) is 0 Å². The van der Waals surface area contributed by atoms with E-state index >= 15 is 0 Å². The highest BCUT2D eigenvalue weighted by molar-refractivity contribution is 5.56. The quantitative estimate of drug-likeness (QED) is 0.259. The molecular weight excluding hydrogens is 440 g/mol. The number of aromatic nitrogens is 4. The summed E-state index contributed by atoms with van der Waals surface area (Å²) in [6.07, 6.45) is 7.75. The van der Waals surface area contributed by atoms with Crippen molar-refractivity contribution in [1.29, 1.82) is 0 Å². The fourth-order valence-electron chi connectivity index (χ4n) is 4.13. The van der Waals surface area contributed by atoms with Crippen molar-refractivity contribution in [2.75, 3.05) is 0 Å². The molecule has 6 aromatic rings. The van der Waals surface area contributed by atoms with Crippen LogP contribution in [0, 0.1) is 0 Å². The summed E-state index contributed by atoms with van der Waals surface area (Å²) in [5.74, 6) is 2.03. The molecule has 4 nitrogen and oxygen atoms in total. The van der Waals surface area contributed by atoms with E-state index < -0.39 is 0 Å². The third-order valence-electron chi connectivity index (χ3n) is 5.89. The van der Waals surface area contributed by atoms with Gasteiger partial charge in [0.2, 0.25) is 0 Å². The molecule has 0 aliphatic carbocycles. The first-order valence-corrected chi connectivity index (χ1v) is 12.1. The number of hydrogen-bond acceptors (Lipinski definition) is 2. The second-order valence-electron chi connectivity index (χ2n) is 8.46. The zero-order valence-corrected chi connectivity index (χ0v) is 20.1. The number of hydrogen-bond donors (Lipinski definition) is 0. The van der Waals surface area contributed by atoms with Crippen molar-refractivity contribution in [1.82, 2.24) is 19.1 Å². The number of benzene rings is 4. The van der Waals surface area contributed by atoms with E-state index in [-0.39, 0.29) is 0 Å². The van der Waals surface area contributed by atoms with Gasteiger partial charge in [0.25, 0.3) is 0 Å². The van der Waals surface area contributed by atoms with Crippen molar-refractivity contribution in [2.24, 2.45) is 0 Å². The molecule has 0 amide bonds. The largest absolute Gasteiger partial charge is 0.327 e. The lowest BCUT2D eigenvalue weighted by Crippen LogP contribution is -2.00. The zero-order chi connectivity index (χ0) is 24.4. The van der Waals surface area contributed by atoms with Crippen LogP contribution >= 0.6 is 0 Å². The molecule has 0 radical (unpaired) electrons. The van der Waals surface area contributed by atoms with Crippen molar-refractivity contribution in [3.05, 3.63) is 157 Å². The Balaban J connectivity index is 0.000000148. The third-order valence-corrected chi connectivity index (χ3v) is 5.89. The Kier molecular flexibility index (Phi) is 7.45. The first-order chi connectivity index (χ1) is 17.9. The van der Waals surface area contributed by atoms with Crippen molar-refractivity contribution < 1.29 is 0 Å². The van der Waals surface area contributed by atoms with Gasteiger partial charge in [-0.15, -0.1) is 0 Å². The molecule has 6 rings (SSSR count). The van der Waals surface area contributed by atoms with Crippen LogP contribution in [0.1, 0.15) is 11.1 Å². The summed E-state index contributed by atoms with van der Waals surface area (Å²) in [6.45, 7) is 1.70. The van der Waals surface area contributed by atoms with Crippen LogP contribution in [0.2, 0.25) is 0 Å². The van der Waals surface area contributed by atoms with Crippen LogP contribution in [-0.4, -0.2) is 19.1 Å². The zero-order valence-electron chi connectivity index (χ0n) is 20.1. The Morgan fingerprint density at radius 1 is 0.417 bits per heavy atom. The normalized spacial score (nSPS) is 10.4. The Labute approximate surface area is 212 Å². The smallest absolute Gasteiger partial charge is 0.140 e. The first-order valence-electron chi connectivity index (χ1n) is 12.1. The highest BCUT2D eigenvalue weighted by Gasteiger charge is 2.06. The standard InChI is InChI=1S/2C16H14N2/c2*1-3-7-14(8-4-1)13-18-12-11-17-16(18)15-9-5-2-6-10-15/h2*1-12H,13H2. The molecule has 0 saturated carbocycles. The van der Waals surface area contributed by atoms with E-state index in [1.54, 1.807) is 0 Å². The lowest BCUT2D eigenvalue weighted by atomic mass is 10.2. The van der Waals surface area contributed by atoms with Gasteiger partial charge in [0, 0.05) is 49.0 Å². The molecule has 0 aliphatic heterocycles. The maximum Gasteiger partial charge on any atom is 0.140 e. The van der Waals surface area contributed by atoms with Crippen molar-refractivity contribution >= 4 is 0 Å². The van der Waals surface area contributed by atoms with Gasteiger partial charge in [-0.2, -0.15) is 0 Å². The van der Waals surface area contributed by atoms with Gasteiger partial charge in [-0.25, -0.2) is 9.97 Å². The Morgan fingerprint density at radius 3 is 1.11 bits per heavy atom. The van der Waals surface area contributed by atoms with Crippen LogP contribution in [0.15, 0.2) is 146 Å². The third kappa shape index (κ3) is 5.86. The average Bonchev–Trinajstić information content (AvgIpc) is 3.61. The molecule has 0 fully saturated rings. The molecule has 2 heterocycles. The van der Waals surface area contributed by atoms with Crippen LogP contribution < -0.4 is 0 Å². The van der Waals surface area contributed by atoms with Crippen molar-refractivity contribution in [3.8, 4) is 22.8 Å². The first kappa shape index (κ1) is 23.1. The lowest BCUT2D eigenvalue weighted by Gasteiger charge is -2.07. The minimum absolute atomic E-state index is 0.852. The molecule has 0 N–H and O–H groups in total. The fraction of sp³-hybridized carbons (Fsp3) is 0.0625. The summed E-state index contributed by atoms with van der Waals surface area (Å²) < 4.78 is 4.34. The van der Waals surface area contributed by atoms with Gasteiger partial charge in [-0.1, -0.05) is 121 Å². The van der Waals surface area contributed by atoms with Gasteiger partial charge < -0.3 is 9.13 Å². The molecule has 0 saturated heterocycles. The second-order valence-corrected chi connectivity index (χ2v) is 8.46. The average molecular weight is 469 g/mol. The summed E-state index contributed by atoms with van der Waals surface area (Å²) in [5, 5.41) is 0.